The first-order chi connectivity index (χ1) is 11.3. The minimum absolute atomic E-state index is 0.0572. The lowest BCUT2D eigenvalue weighted by Gasteiger charge is -2.19. The van der Waals surface area contributed by atoms with Gasteiger partial charge in [0.05, 0.1) is 13.7 Å². The summed E-state index contributed by atoms with van der Waals surface area (Å²) in [6, 6.07) is 3.49. The van der Waals surface area contributed by atoms with Gasteiger partial charge in [-0.1, -0.05) is 6.08 Å². The molecule has 0 N–H and O–H groups in total. The molecule has 1 fully saturated rings. The zero-order valence-corrected chi connectivity index (χ0v) is 14.6. The van der Waals surface area contributed by atoms with Crippen molar-refractivity contribution in [3.05, 3.63) is 34.9 Å². The van der Waals surface area contributed by atoms with Crippen LogP contribution in [0.5, 0.6) is 11.5 Å². The quantitative estimate of drug-likeness (QED) is 0.345. The van der Waals surface area contributed by atoms with Crippen LogP contribution in [0.4, 0.5) is 0 Å². The van der Waals surface area contributed by atoms with Crippen molar-refractivity contribution in [2.75, 3.05) is 20.3 Å². The molecule has 2 rings (SSSR count). The highest BCUT2D eigenvalue weighted by atomic mass is 16.6. The lowest BCUT2D eigenvalue weighted by Crippen LogP contribution is -2.21. The molecule has 130 valence electrons. The maximum atomic E-state index is 12.1. The molecule has 1 aliphatic heterocycles. The second-order valence-electron chi connectivity index (χ2n) is 5.74. The molecule has 1 heterocycles. The standard InChI is InChI=1S/C18H22O6/c1-6-11(2)17(20)24-16-7-12(3)15(21-5)8-14(16)18(10-23-18)9-22-13(4)19/h6-8H,9-10H2,1-5H3/b11-6+. The van der Waals surface area contributed by atoms with E-state index >= 15 is 0 Å². The minimum Gasteiger partial charge on any atom is -0.496 e. The summed E-state index contributed by atoms with van der Waals surface area (Å²) in [4.78, 5) is 23.2. The summed E-state index contributed by atoms with van der Waals surface area (Å²) in [7, 11) is 1.56. The van der Waals surface area contributed by atoms with Crippen LogP contribution in [0.3, 0.4) is 0 Å². The molecule has 1 aromatic carbocycles. The van der Waals surface area contributed by atoms with Gasteiger partial charge >= 0.3 is 11.9 Å². The molecule has 0 bridgehead atoms. The summed E-state index contributed by atoms with van der Waals surface area (Å²) in [5, 5.41) is 0. The maximum absolute atomic E-state index is 12.1. The number of carbonyl (C=O) groups is 2. The molecule has 0 aliphatic carbocycles. The number of epoxide rings is 1. The Morgan fingerprint density at radius 3 is 2.46 bits per heavy atom. The van der Waals surface area contributed by atoms with Crippen LogP contribution in [-0.2, 0) is 24.7 Å². The number of hydrogen-bond acceptors (Lipinski definition) is 6. The summed E-state index contributed by atoms with van der Waals surface area (Å²) in [5.41, 5.74) is 1.15. The topological polar surface area (TPSA) is 74.4 Å². The Kier molecular flexibility index (Phi) is 5.29. The van der Waals surface area contributed by atoms with Crippen LogP contribution in [0.25, 0.3) is 0 Å². The second kappa shape index (κ2) is 7.05. The lowest BCUT2D eigenvalue weighted by atomic mass is 9.97. The van der Waals surface area contributed by atoms with Gasteiger partial charge in [0, 0.05) is 18.1 Å². The molecule has 0 spiro atoms. The van der Waals surface area contributed by atoms with Crippen LogP contribution in [0.15, 0.2) is 23.8 Å². The molecule has 6 heteroatoms. The number of benzene rings is 1. The number of rotatable bonds is 6. The minimum atomic E-state index is -0.800. The molecular weight excluding hydrogens is 312 g/mol. The van der Waals surface area contributed by atoms with Crippen LogP contribution in [0.2, 0.25) is 0 Å². The number of ether oxygens (including phenoxy) is 4. The average molecular weight is 334 g/mol. The van der Waals surface area contributed by atoms with Gasteiger partial charge < -0.3 is 18.9 Å². The molecule has 1 saturated heterocycles. The number of aryl methyl sites for hydroxylation is 1. The van der Waals surface area contributed by atoms with E-state index in [4.69, 9.17) is 18.9 Å². The van der Waals surface area contributed by atoms with Crippen molar-refractivity contribution in [2.24, 2.45) is 0 Å². The monoisotopic (exact) mass is 334 g/mol. The molecule has 1 aliphatic rings. The van der Waals surface area contributed by atoms with Gasteiger partial charge in [0.1, 0.15) is 18.1 Å². The van der Waals surface area contributed by atoms with Crippen molar-refractivity contribution >= 4 is 11.9 Å². The molecule has 1 unspecified atom stereocenters. The Morgan fingerprint density at radius 1 is 1.29 bits per heavy atom. The first-order valence-corrected chi connectivity index (χ1v) is 7.64. The average Bonchev–Trinajstić information content (AvgIpc) is 3.33. The first kappa shape index (κ1) is 18.0. The van der Waals surface area contributed by atoms with Crippen molar-refractivity contribution < 1.29 is 28.5 Å². The van der Waals surface area contributed by atoms with Gasteiger partial charge in [-0.25, -0.2) is 4.79 Å². The Hall–Kier alpha value is -2.34. The largest absolute Gasteiger partial charge is 0.496 e. The van der Waals surface area contributed by atoms with Gasteiger partial charge in [0.15, 0.2) is 5.60 Å². The predicted octanol–water partition coefficient (Wildman–Crippen LogP) is 2.66. The molecule has 0 aromatic heterocycles. The third-order valence-electron chi connectivity index (χ3n) is 3.95. The van der Waals surface area contributed by atoms with E-state index in [2.05, 4.69) is 0 Å². The van der Waals surface area contributed by atoms with Crippen molar-refractivity contribution in [1.82, 2.24) is 0 Å². The van der Waals surface area contributed by atoms with Gasteiger partial charge in [0.25, 0.3) is 0 Å². The SMILES string of the molecule is C/C=C(\C)C(=O)Oc1cc(C)c(OC)cc1C1(COC(C)=O)CO1. The number of esters is 2. The summed E-state index contributed by atoms with van der Waals surface area (Å²) >= 11 is 0. The van der Waals surface area contributed by atoms with Gasteiger partial charge in [-0.2, -0.15) is 0 Å². The van der Waals surface area contributed by atoms with Gasteiger partial charge in [-0.05, 0) is 38.5 Å². The molecule has 0 radical (unpaired) electrons. The highest BCUT2D eigenvalue weighted by Gasteiger charge is 2.50. The third-order valence-corrected chi connectivity index (χ3v) is 3.95. The fourth-order valence-electron chi connectivity index (χ4n) is 2.24. The van der Waals surface area contributed by atoms with E-state index in [-0.39, 0.29) is 6.61 Å². The first-order valence-electron chi connectivity index (χ1n) is 7.64. The molecule has 0 amide bonds. The molecule has 1 aromatic rings. The molecule has 6 nitrogen and oxygen atoms in total. The van der Waals surface area contributed by atoms with Crippen LogP contribution in [0.1, 0.15) is 31.9 Å². The Bertz CT molecular complexity index is 685. The van der Waals surface area contributed by atoms with Crippen LogP contribution in [0, 0.1) is 6.92 Å². The fourth-order valence-corrected chi connectivity index (χ4v) is 2.24. The molecule has 0 saturated carbocycles. The predicted molar refractivity (Wildman–Crippen MR) is 87.1 cm³/mol. The fraction of sp³-hybridized carbons (Fsp3) is 0.444. The van der Waals surface area contributed by atoms with E-state index in [1.54, 1.807) is 39.2 Å². The van der Waals surface area contributed by atoms with Gasteiger partial charge in [-0.15, -0.1) is 0 Å². The number of methoxy groups -OCH3 is 1. The Balaban J connectivity index is 2.40. The summed E-state index contributed by atoms with van der Waals surface area (Å²) in [5.74, 6) is 0.188. The Labute approximate surface area is 141 Å². The smallest absolute Gasteiger partial charge is 0.338 e. The summed E-state index contributed by atoms with van der Waals surface area (Å²) in [6.07, 6.45) is 1.68. The lowest BCUT2D eigenvalue weighted by molar-refractivity contribution is -0.143. The van der Waals surface area contributed by atoms with Crippen LogP contribution in [-0.4, -0.2) is 32.3 Å². The number of allylic oxidation sites excluding steroid dienone is 1. The highest BCUT2D eigenvalue weighted by Crippen LogP contribution is 2.46. The summed E-state index contributed by atoms with van der Waals surface area (Å²) < 4.78 is 21.5. The number of hydrogen-bond donors (Lipinski definition) is 0. The zero-order chi connectivity index (χ0) is 17.9. The highest BCUT2D eigenvalue weighted by molar-refractivity contribution is 5.89. The van der Waals surface area contributed by atoms with E-state index < -0.39 is 17.5 Å². The normalized spacial score (nSPS) is 19.6. The van der Waals surface area contributed by atoms with Crippen LogP contribution < -0.4 is 9.47 Å². The van der Waals surface area contributed by atoms with Crippen molar-refractivity contribution in [2.45, 2.75) is 33.3 Å². The van der Waals surface area contributed by atoms with Crippen molar-refractivity contribution in [3.63, 3.8) is 0 Å². The zero-order valence-electron chi connectivity index (χ0n) is 14.6. The third kappa shape index (κ3) is 3.76. The van der Waals surface area contributed by atoms with Gasteiger partial charge in [0.2, 0.25) is 0 Å². The maximum Gasteiger partial charge on any atom is 0.338 e. The van der Waals surface area contributed by atoms with E-state index in [1.807, 2.05) is 6.92 Å². The Morgan fingerprint density at radius 2 is 1.96 bits per heavy atom. The van der Waals surface area contributed by atoms with Crippen molar-refractivity contribution in [3.8, 4) is 11.5 Å². The van der Waals surface area contributed by atoms with E-state index in [0.29, 0.717) is 29.2 Å². The van der Waals surface area contributed by atoms with E-state index in [0.717, 1.165) is 5.56 Å². The molecule has 24 heavy (non-hydrogen) atoms. The van der Waals surface area contributed by atoms with E-state index in [9.17, 15) is 9.59 Å². The van der Waals surface area contributed by atoms with Crippen LogP contribution >= 0.6 is 0 Å². The van der Waals surface area contributed by atoms with Gasteiger partial charge in [-0.3, -0.25) is 4.79 Å². The van der Waals surface area contributed by atoms with E-state index in [1.165, 1.54) is 6.92 Å². The number of carbonyl (C=O) groups excluding carboxylic acids is 2. The molecule has 1 atom stereocenters. The summed E-state index contributed by atoms with van der Waals surface area (Å²) in [6.45, 7) is 7.07. The molecular formula is C18H22O6. The second-order valence-corrected chi connectivity index (χ2v) is 5.74. The van der Waals surface area contributed by atoms with Crippen molar-refractivity contribution in [1.29, 1.82) is 0 Å².